The van der Waals surface area contributed by atoms with E-state index in [1.54, 1.807) is 0 Å². The molecule has 3 heterocycles. The van der Waals surface area contributed by atoms with Gasteiger partial charge < -0.3 is 16.0 Å². The molecule has 2 aliphatic heterocycles. The highest BCUT2D eigenvalue weighted by atomic mass is 15.3. The second-order valence-corrected chi connectivity index (χ2v) is 6.86. The van der Waals surface area contributed by atoms with Crippen molar-refractivity contribution in [3.05, 3.63) is 11.8 Å². The van der Waals surface area contributed by atoms with Crippen LogP contribution in [0.4, 0.5) is 11.8 Å². The van der Waals surface area contributed by atoms with Crippen molar-refractivity contribution in [2.24, 2.45) is 5.92 Å². The molecule has 0 amide bonds. The summed E-state index contributed by atoms with van der Waals surface area (Å²) in [4.78, 5) is 11.4. The zero-order chi connectivity index (χ0) is 14.2. The Hall–Kier alpha value is -1.36. The second-order valence-electron chi connectivity index (χ2n) is 6.86. The van der Waals surface area contributed by atoms with Gasteiger partial charge in [-0.25, -0.2) is 4.98 Å². The van der Waals surface area contributed by atoms with Gasteiger partial charge in [0.25, 0.3) is 0 Å². The van der Waals surface area contributed by atoms with Crippen LogP contribution in [0.3, 0.4) is 0 Å². The second kappa shape index (κ2) is 5.44. The van der Waals surface area contributed by atoms with Crippen LogP contribution in [0.25, 0.3) is 0 Å². The summed E-state index contributed by atoms with van der Waals surface area (Å²) >= 11 is 0. The minimum absolute atomic E-state index is 0.443. The zero-order valence-electron chi connectivity index (χ0n) is 12.6. The predicted molar refractivity (Wildman–Crippen MR) is 84.4 cm³/mol. The van der Waals surface area contributed by atoms with E-state index in [2.05, 4.69) is 26.3 Å². The third-order valence-electron chi connectivity index (χ3n) is 5.46. The lowest BCUT2D eigenvalue weighted by Gasteiger charge is -2.24. The molecule has 4 rings (SSSR count). The van der Waals surface area contributed by atoms with E-state index in [-0.39, 0.29) is 0 Å². The van der Waals surface area contributed by atoms with Gasteiger partial charge in [0, 0.05) is 31.1 Å². The molecule has 3 aliphatic rings. The van der Waals surface area contributed by atoms with Gasteiger partial charge in [0.05, 0.1) is 5.69 Å². The lowest BCUT2D eigenvalue weighted by Crippen LogP contribution is -2.30. The Kier molecular flexibility index (Phi) is 3.45. The highest BCUT2D eigenvalue weighted by molar-refractivity contribution is 5.46. The van der Waals surface area contributed by atoms with Crippen molar-refractivity contribution in [3.8, 4) is 0 Å². The van der Waals surface area contributed by atoms with Crippen molar-refractivity contribution in [2.75, 3.05) is 30.3 Å². The van der Waals surface area contributed by atoms with Crippen LogP contribution < -0.4 is 16.0 Å². The maximum Gasteiger partial charge on any atom is 0.222 e. The fourth-order valence-corrected chi connectivity index (χ4v) is 4.28. The first-order valence-electron chi connectivity index (χ1n) is 8.42. The number of nitrogens with two attached hydrogens (primary N) is 1. The van der Waals surface area contributed by atoms with E-state index in [1.165, 1.54) is 50.8 Å². The molecule has 0 bridgehead atoms. The average Bonchev–Trinajstić information content (AvgIpc) is 3.09. The van der Waals surface area contributed by atoms with Gasteiger partial charge in [-0.2, -0.15) is 4.98 Å². The van der Waals surface area contributed by atoms with E-state index in [1.807, 2.05) is 0 Å². The van der Waals surface area contributed by atoms with Crippen LogP contribution in [0.1, 0.15) is 50.1 Å². The Bertz CT molecular complexity index is 499. The van der Waals surface area contributed by atoms with Crippen molar-refractivity contribution < 1.29 is 0 Å². The molecule has 5 nitrogen and oxygen atoms in total. The van der Waals surface area contributed by atoms with Crippen molar-refractivity contribution >= 4 is 11.8 Å². The molecule has 1 saturated carbocycles. The van der Waals surface area contributed by atoms with E-state index in [0.29, 0.717) is 17.9 Å². The van der Waals surface area contributed by atoms with E-state index < -0.39 is 0 Å². The molecular formula is C16H25N5. The molecule has 0 aromatic carbocycles. The summed E-state index contributed by atoms with van der Waals surface area (Å²) in [6.45, 7) is 3.34. The zero-order valence-corrected chi connectivity index (χ0v) is 12.6. The molecule has 1 aromatic rings. The van der Waals surface area contributed by atoms with Crippen LogP contribution in [0.15, 0.2) is 6.07 Å². The molecule has 0 radical (unpaired) electrons. The van der Waals surface area contributed by atoms with Gasteiger partial charge in [-0.15, -0.1) is 0 Å². The molecule has 1 aromatic heterocycles. The van der Waals surface area contributed by atoms with Crippen molar-refractivity contribution in [1.82, 2.24) is 15.3 Å². The summed E-state index contributed by atoms with van der Waals surface area (Å²) in [7, 11) is 0. The molecule has 1 aliphatic carbocycles. The standard InChI is InChI=1S/C16H25N5/c17-16-19-13(11-4-2-1-3-5-11)8-15(20-16)21-9-12-6-7-18-14(12)10-21/h8,11-12,14,18H,1-7,9-10H2,(H2,17,19,20)/t12-,14+/m0/s1. The number of nitrogens with one attached hydrogen (secondary N) is 1. The first-order valence-corrected chi connectivity index (χ1v) is 8.42. The molecule has 3 fully saturated rings. The summed E-state index contributed by atoms with van der Waals surface area (Å²) < 4.78 is 0. The van der Waals surface area contributed by atoms with Crippen LogP contribution in [0.5, 0.6) is 0 Å². The third kappa shape index (κ3) is 2.59. The van der Waals surface area contributed by atoms with E-state index in [4.69, 9.17) is 5.73 Å². The summed E-state index contributed by atoms with van der Waals surface area (Å²) in [5, 5.41) is 3.59. The van der Waals surface area contributed by atoms with Crippen LogP contribution in [-0.4, -0.2) is 35.6 Å². The van der Waals surface area contributed by atoms with Crippen molar-refractivity contribution in [1.29, 1.82) is 0 Å². The van der Waals surface area contributed by atoms with Gasteiger partial charge >= 0.3 is 0 Å². The van der Waals surface area contributed by atoms with Gasteiger partial charge in [0.2, 0.25) is 5.95 Å². The van der Waals surface area contributed by atoms with Crippen LogP contribution in [0, 0.1) is 5.92 Å². The number of hydrogen-bond acceptors (Lipinski definition) is 5. The first kappa shape index (κ1) is 13.3. The molecule has 114 valence electrons. The third-order valence-corrected chi connectivity index (χ3v) is 5.46. The van der Waals surface area contributed by atoms with Gasteiger partial charge in [-0.1, -0.05) is 19.3 Å². The quantitative estimate of drug-likeness (QED) is 0.869. The number of aromatic nitrogens is 2. The van der Waals surface area contributed by atoms with Gasteiger partial charge in [-0.3, -0.25) is 0 Å². The van der Waals surface area contributed by atoms with Crippen LogP contribution in [-0.2, 0) is 0 Å². The Morgan fingerprint density at radius 3 is 2.76 bits per heavy atom. The SMILES string of the molecule is Nc1nc(C2CCCCC2)cc(N2C[C@@H]3CCN[C@@H]3C2)n1. The van der Waals surface area contributed by atoms with Gasteiger partial charge in [0.1, 0.15) is 5.82 Å². The van der Waals surface area contributed by atoms with Crippen LogP contribution >= 0.6 is 0 Å². The topological polar surface area (TPSA) is 67.1 Å². The molecule has 5 heteroatoms. The average molecular weight is 287 g/mol. The Labute approximate surface area is 126 Å². The van der Waals surface area contributed by atoms with Gasteiger partial charge in [-0.05, 0) is 31.7 Å². The monoisotopic (exact) mass is 287 g/mol. The maximum atomic E-state index is 5.98. The highest BCUT2D eigenvalue weighted by Crippen LogP contribution is 2.34. The summed E-state index contributed by atoms with van der Waals surface area (Å²) in [6.07, 6.45) is 7.80. The molecule has 2 saturated heterocycles. The predicted octanol–water partition coefficient (Wildman–Crippen LogP) is 1.90. The lowest BCUT2D eigenvalue weighted by atomic mass is 9.87. The van der Waals surface area contributed by atoms with Crippen molar-refractivity contribution in [3.63, 3.8) is 0 Å². The minimum Gasteiger partial charge on any atom is -0.368 e. The largest absolute Gasteiger partial charge is 0.368 e. The number of anilines is 2. The summed E-state index contributed by atoms with van der Waals surface area (Å²) in [5.74, 6) is 2.85. The molecule has 0 spiro atoms. The molecular weight excluding hydrogens is 262 g/mol. The number of hydrogen-bond donors (Lipinski definition) is 2. The lowest BCUT2D eigenvalue weighted by molar-refractivity contribution is 0.436. The fourth-order valence-electron chi connectivity index (χ4n) is 4.28. The normalized spacial score (nSPS) is 29.8. The first-order chi connectivity index (χ1) is 10.3. The molecule has 21 heavy (non-hydrogen) atoms. The smallest absolute Gasteiger partial charge is 0.222 e. The van der Waals surface area contributed by atoms with E-state index in [0.717, 1.165) is 24.8 Å². The Morgan fingerprint density at radius 2 is 1.95 bits per heavy atom. The Balaban J connectivity index is 1.56. The minimum atomic E-state index is 0.443. The van der Waals surface area contributed by atoms with Crippen molar-refractivity contribution in [2.45, 2.75) is 50.5 Å². The number of fused-ring (bicyclic) bond motifs is 1. The maximum absolute atomic E-state index is 5.98. The van der Waals surface area contributed by atoms with Gasteiger partial charge in [0.15, 0.2) is 0 Å². The van der Waals surface area contributed by atoms with E-state index >= 15 is 0 Å². The number of nitrogen functional groups attached to an aromatic ring is 1. The Morgan fingerprint density at radius 1 is 1.10 bits per heavy atom. The summed E-state index contributed by atoms with van der Waals surface area (Å²) in [5.41, 5.74) is 7.15. The fraction of sp³-hybridized carbons (Fsp3) is 0.750. The molecule has 0 unspecified atom stereocenters. The number of rotatable bonds is 2. The summed E-state index contributed by atoms with van der Waals surface area (Å²) in [6, 6.07) is 2.84. The molecule has 2 atom stereocenters. The van der Waals surface area contributed by atoms with Crippen LogP contribution in [0.2, 0.25) is 0 Å². The van der Waals surface area contributed by atoms with E-state index in [9.17, 15) is 0 Å². The highest BCUT2D eigenvalue weighted by Gasteiger charge is 2.36. The number of nitrogens with zero attached hydrogens (tertiary/aromatic N) is 3. The molecule has 3 N–H and O–H groups in total.